The van der Waals surface area contributed by atoms with Crippen molar-refractivity contribution >= 4 is 7.82 Å². The molecule has 0 aliphatic carbocycles. The fraction of sp³-hybridized carbons (Fsp3) is 0.793. The van der Waals surface area contributed by atoms with Crippen molar-refractivity contribution in [1.29, 1.82) is 0 Å². The second-order valence-electron chi connectivity index (χ2n) is 12.0. The minimum atomic E-state index is -4.61. The predicted molar refractivity (Wildman–Crippen MR) is 145 cm³/mol. The standard InChI is InChI=1S/C29H51O5P/c1-20(2)12-9-13-21(3)14-10-15-22(4)16-11-18-29(8)19-17-26-25(7)27(34-35(30,31)32)23(5)24(6)28(26)33-29/h20-22H,9-19H2,1-8H3,(H2,30,31,32)/t21-,22-,29+/m0/s1. The van der Waals surface area contributed by atoms with Crippen LogP contribution in [0, 0.1) is 38.5 Å². The van der Waals surface area contributed by atoms with Crippen LogP contribution in [0.15, 0.2) is 0 Å². The van der Waals surface area contributed by atoms with E-state index in [9.17, 15) is 14.4 Å². The number of ether oxygens (including phenoxy) is 1. The van der Waals surface area contributed by atoms with Crippen LogP contribution < -0.4 is 9.26 Å². The molecule has 0 saturated carbocycles. The Balaban J connectivity index is 1.85. The highest BCUT2D eigenvalue weighted by Crippen LogP contribution is 2.48. The van der Waals surface area contributed by atoms with Crippen LogP contribution in [0.4, 0.5) is 0 Å². The summed E-state index contributed by atoms with van der Waals surface area (Å²) >= 11 is 0. The van der Waals surface area contributed by atoms with Gasteiger partial charge in [0.2, 0.25) is 0 Å². The summed E-state index contributed by atoms with van der Waals surface area (Å²) in [5.41, 5.74) is 3.24. The van der Waals surface area contributed by atoms with E-state index in [2.05, 4.69) is 34.6 Å². The van der Waals surface area contributed by atoms with Crippen molar-refractivity contribution in [3.8, 4) is 11.5 Å². The first kappa shape index (κ1) is 30.2. The SMILES string of the molecule is Cc1c(C)c2c(c(C)c1OP(=O)(O)O)CC[C@@](C)(CCC[C@@H](C)CCC[C@@H](C)CCCC(C)C)O2. The largest absolute Gasteiger partial charge is 0.524 e. The van der Waals surface area contributed by atoms with Crippen molar-refractivity contribution in [3.05, 3.63) is 22.3 Å². The second-order valence-corrected chi connectivity index (χ2v) is 13.2. The van der Waals surface area contributed by atoms with E-state index in [1.165, 1.54) is 44.9 Å². The van der Waals surface area contributed by atoms with Gasteiger partial charge in [0.15, 0.2) is 0 Å². The van der Waals surface area contributed by atoms with Crippen LogP contribution in [0.2, 0.25) is 0 Å². The average Bonchev–Trinajstić information content (AvgIpc) is 2.74. The molecule has 0 spiro atoms. The molecule has 0 radical (unpaired) electrons. The zero-order valence-electron chi connectivity index (χ0n) is 23.6. The first-order valence-corrected chi connectivity index (χ1v) is 15.3. The maximum Gasteiger partial charge on any atom is 0.524 e. The fourth-order valence-electron chi connectivity index (χ4n) is 5.52. The third kappa shape index (κ3) is 9.41. The van der Waals surface area contributed by atoms with E-state index < -0.39 is 7.82 Å². The molecule has 0 aromatic heterocycles. The normalized spacial score (nSPS) is 19.9. The predicted octanol–water partition coefficient (Wildman–Crippen LogP) is 8.61. The van der Waals surface area contributed by atoms with Gasteiger partial charge in [-0.25, -0.2) is 4.57 Å². The lowest BCUT2D eigenvalue weighted by Gasteiger charge is -2.38. The summed E-state index contributed by atoms with van der Waals surface area (Å²) in [7, 11) is -4.61. The Kier molecular flexibility index (Phi) is 11.2. The van der Waals surface area contributed by atoms with Crippen molar-refractivity contribution in [2.24, 2.45) is 17.8 Å². The summed E-state index contributed by atoms with van der Waals surface area (Å²) in [5, 5.41) is 0. The molecule has 1 heterocycles. The Labute approximate surface area is 214 Å². The molecule has 0 amide bonds. The number of hydrogen-bond donors (Lipinski definition) is 2. The maximum atomic E-state index is 11.5. The van der Waals surface area contributed by atoms with Gasteiger partial charge in [-0.15, -0.1) is 0 Å². The lowest BCUT2D eigenvalue weighted by molar-refractivity contribution is 0.0512. The Bertz CT molecular complexity index is 875. The molecule has 0 fully saturated rings. The molecule has 35 heavy (non-hydrogen) atoms. The summed E-state index contributed by atoms with van der Waals surface area (Å²) < 4.78 is 23.1. The summed E-state index contributed by atoms with van der Waals surface area (Å²) in [5.74, 6) is 3.59. The van der Waals surface area contributed by atoms with Crippen molar-refractivity contribution in [2.45, 2.75) is 132 Å². The number of benzene rings is 1. The van der Waals surface area contributed by atoms with Gasteiger partial charge in [0.25, 0.3) is 0 Å². The molecule has 202 valence electrons. The third-order valence-electron chi connectivity index (χ3n) is 8.05. The first-order chi connectivity index (χ1) is 16.2. The highest BCUT2D eigenvalue weighted by atomic mass is 31.2. The number of rotatable bonds is 14. The van der Waals surface area contributed by atoms with Crippen LogP contribution in [0.3, 0.4) is 0 Å². The molecule has 2 rings (SSSR count). The van der Waals surface area contributed by atoms with E-state index in [1.54, 1.807) is 0 Å². The minimum Gasteiger partial charge on any atom is -0.487 e. The van der Waals surface area contributed by atoms with Crippen LogP contribution in [0.25, 0.3) is 0 Å². The quantitative estimate of drug-likeness (QED) is 0.245. The van der Waals surface area contributed by atoms with E-state index in [1.807, 2.05) is 20.8 Å². The maximum absolute atomic E-state index is 11.5. The van der Waals surface area contributed by atoms with Gasteiger partial charge in [-0.1, -0.05) is 72.6 Å². The zero-order valence-corrected chi connectivity index (χ0v) is 24.5. The molecule has 2 N–H and O–H groups in total. The van der Waals surface area contributed by atoms with Crippen molar-refractivity contribution in [2.75, 3.05) is 0 Å². The van der Waals surface area contributed by atoms with E-state index in [0.717, 1.165) is 71.4 Å². The number of phosphoric ester groups is 1. The van der Waals surface area contributed by atoms with Crippen LogP contribution in [0.5, 0.6) is 11.5 Å². The van der Waals surface area contributed by atoms with E-state index >= 15 is 0 Å². The van der Waals surface area contributed by atoms with Crippen LogP contribution in [-0.2, 0) is 11.0 Å². The van der Waals surface area contributed by atoms with E-state index in [4.69, 9.17) is 9.26 Å². The van der Waals surface area contributed by atoms with Gasteiger partial charge in [0, 0.05) is 5.56 Å². The highest BCUT2D eigenvalue weighted by molar-refractivity contribution is 7.46. The molecule has 0 unspecified atom stereocenters. The first-order valence-electron chi connectivity index (χ1n) is 13.8. The topological polar surface area (TPSA) is 76.0 Å². The van der Waals surface area contributed by atoms with Gasteiger partial charge in [0.05, 0.1) is 0 Å². The molecule has 1 aliphatic rings. The molecule has 0 bridgehead atoms. The fourth-order valence-corrected chi connectivity index (χ4v) is 6.03. The van der Waals surface area contributed by atoms with Gasteiger partial charge in [-0.3, -0.25) is 9.79 Å². The minimum absolute atomic E-state index is 0.201. The van der Waals surface area contributed by atoms with Gasteiger partial charge < -0.3 is 9.26 Å². The van der Waals surface area contributed by atoms with Crippen molar-refractivity contribution < 1.29 is 23.6 Å². The van der Waals surface area contributed by atoms with Crippen LogP contribution in [-0.4, -0.2) is 15.4 Å². The van der Waals surface area contributed by atoms with Gasteiger partial charge in [-0.05, 0) is 87.8 Å². The Morgan fingerprint density at radius 1 is 0.886 bits per heavy atom. The van der Waals surface area contributed by atoms with Crippen LogP contribution >= 0.6 is 7.82 Å². The summed E-state index contributed by atoms with van der Waals surface area (Å²) in [4.78, 5) is 18.7. The van der Waals surface area contributed by atoms with E-state index in [-0.39, 0.29) is 5.60 Å². The van der Waals surface area contributed by atoms with Crippen molar-refractivity contribution in [1.82, 2.24) is 0 Å². The molecule has 6 heteroatoms. The second kappa shape index (κ2) is 13.0. The van der Waals surface area contributed by atoms with Gasteiger partial charge in [-0.2, -0.15) is 0 Å². The summed E-state index contributed by atoms with van der Waals surface area (Å²) in [6.07, 6.45) is 13.3. The molecule has 1 aromatic carbocycles. The molecule has 1 aliphatic heterocycles. The van der Waals surface area contributed by atoms with Gasteiger partial charge >= 0.3 is 7.82 Å². The zero-order chi connectivity index (χ0) is 26.4. The lowest BCUT2D eigenvalue weighted by atomic mass is 9.84. The Hall–Kier alpha value is -1.03. The highest BCUT2D eigenvalue weighted by Gasteiger charge is 2.35. The third-order valence-corrected chi connectivity index (χ3v) is 8.47. The van der Waals surface area contributed by atoms with Gasteiger partial charge in [0.1, 0.15) is 17.1 Å². The molecule has 1 aromatic rings. The van der Waals surface area contributed by atoms with Crippen molar-refractivity contribution in [3.63, 3.8) is 0 Å². The monoisotopic (exact) mass is 510 g/mol. The molecule has 0 saturated heterocycles. The molecule has 3 atom stereocenters. The average molecular weight is 511 g/mol. The Morgan fingerprint density at radius 3 is 1.97 bits per heavy atom. The van der Waals surface area contributed by atoms with Crippen LogP contribution in [0.1, 0.15) is 121 Å². The number of fused-ring (bicyclic) bond motifs is 1. The molecular formula is C29H51O5P. The summed E-state index contributed by atoms with van der Waals surface area (Å²) in [6.45, 7) is 17.3. The lowest BCUT2D eigenvalue weighted by Crippen LogP contribution is -2.37. The summed E-state index contributed by atoms with van der Waals surface area (Å²) in [6, 6.07) is 0. The Morgan fingerprint density at radius 2 is 1.43 bits per heavy atom. The molecular weight excluding hydrogens is 459 g/mol. The van der Waals surface area contributed by atoms with E-state index in [0.29, 0.717) is 5.75 Å². The number of hydrogen-bond acceptors (Lipinski definition) is 3. The molecule has 5 nitrogen and oxygen atoms in total. The smallest absolute Gasteiger partial charge is 0.487 e. The number of phosphoric acid groups is 1.